The maximum Gasteiger partial charge on any atom is 0.282 e. The first-order valence-electron chi connectivity index (χ1n) is 10.5. The van der Waals surface area contributed by atoms with Crippen LogP contribution in [0.2, 0.25) is 0 Å². The maximum absolute atomic E-state index is 12.9. The van der Waals surface area contributed by atoms with E-state index in [1.807, 2.05) is 0 Å². The van der Waals surface area contributed by atoms with Gasteiger partial charge in [0.2, 0.25) is 0 Å². The molecule has 13 heteroatoms. The molecule has 0 spiro atoms. The number of phenolic OH excluding ortho intramolecular Hbond substituents is 1. The van der Waals surface area contributed by atoms with Crippen molar-refractivity contribution in [3.05, 3.63) is 60.6 Å². The fourth-order valence-corrected chi connectivity index (χ4v) is 5.08. The number of phenols is 1. The quantitative estimate of drug-likeness (QED) is 0.304. The zero-order valence-corrected chi connectivity index (χ0v) is 20.6. The van der Waals surface area contributed by atoms with Crippen LogP contribution in [0, 0.1) is 0 Å². The van der Waals surface area contributed by atoms with Gasteiger partial charge in [-0.15, -0.1) is 0 Å². The van der Waals surface area contributed by atoms with Gasteiger partial charge in [-0.25, -0.2) is 23.4 Å². The fourth-order valence-electron chi connectivity index (χ4n) is 3.42. The van der Waals surface area contributed by atoms with Gasteiger partial charge in [-0.3, -0.25) is 4.72 Å². The molecule has 2 aromatic heterocycles. The monoisotopic (exact) mass is 516 g/mol. The van der Waals surface area contributed by atoms with E-state index in [4.69, 9.17) is 0 Å². The molecule has 0 amide bonds. The molecule has 0 aliphatic rings. The molecule has 0 bridgehead atoms. The second kappa shape index (κ2) is 9.50. The van der Waals surface area contributed by atoms with Gasteiger partial charge >= 0.3 is 0 Å². The Labute approximate surface area is 202 Å². The molecule has 3 N–H and O–H groups in total. The molecule has 0 aliphatic carbocycles. The zero-order valence-electron chi connectivity index (χ0n) is 19.0. The van der Waals surface area contributed by atoms with Gasteiger partial charge in [0.1, 0.15) is 15.6 Å². The lowest BCUT2D eigenvalue weighted by molar-refractivity contribution is 0.475. The van der Waals surface area contributed by atoms with Crippen LogP contribution in [0.4, 0.5) is 17.3 Å². The van der Waals surface area contributed by atoms with E-state index in [0.717, 1.165) is 5.56 Å². The van der Waals surface area contributed by atoms with Crippen LogP contribution in [0.1, 0.15) is 12.0 Å². The fraction of sp³-hybridized carbons (Fsp3) is 0.227. The summed E-state index contributed by atoms with van der Waals surface area (Å²) < 4.78 is 52.9. The van der Waals surface area contributed by atoms with Crippen molar-refractivity contribution < 1.29 is 21.9 Å². The number of imidazole rings is 1. The van der Waals surface area contributed by atoms with Crippen LogP contribution in [0.5, 0.6) is 5.75 Å². The number of sulfone groups is 1. The van der Waals surface area contributed by atoms with Gasteiger partial charge in [0.05, 0.1) is 23.1 Å². The molecule has 11 nitrogen and oxygen atoms in total. The highest BCUT2D eigenvalue weighted by Crippen LogP contribution is 2.31. The Morgan fingerprint density at radius 3 is 2.31 bits per heavy atom. The molecule has 0 aliphatic heterocycles. The number of anilines is 3. The number of para-hydroxylation sites is 2. The number of hydrogen-bond donors (Lipinski definition) is 3. The van der Waals surface area contributed by atoms with Gasteiger partial charge in [0.15, 0.2) is 16.7 Å². The molecule has 2 aromatic carbocycles. The van der Waals surface area contributed by atoms with E-state index in [-0.39, 0.29) is 28.2 Å². The number of benzene rings is 2. The van der Waals surface area contributed by atoms with Gasteiger partial charge < -0.3 is 15.0 Å². The summed E-state index contributed by atoms with van der Waals surface area (Å²) in [5.41, 5.74) is 2.16. The summed E-state index contributed by atoms with van der Waals surface area (Å²) in [7, 11) is -5.54. The van der Waals surface area contributed by atoms with Gasteiger partial charge in [0.25, 0.3) is 10.0 Å². The third-order valence-electron chi connectivity index (χ3n) is 5.07. The number of aryl methyl sites for hydroxylation is 2. The van der Waals surface area contributed by atoms with Crippen molar-refractivity contribution in [1.82, 2.24) is 19.5 Å². The third kappa shape index (κ3) is 6.05. The topological polar surface area (TPSA) is 156 Å². The van der Waals surface area contributed by atoms with E-state index in [0.29, 0.717) is 29.6 Å². The average molecular weight is 517 g/mol. The number of nitrogens with one attached hydrogen (secondary N) is 2. The minimum Gasteiger partial charge on any atom is -0.508 e. The Balaban J connectivity index is 1.73. The molecule has 0 radical (unpaired) electrons. The lowest BCUT2D eigenvalue weighted by Crippen LogP contribution is -2.16. The number of aromatic nitrogens is 4. The first kappa shape index (κ1) is 24.4. The Morgan fingerprint density at radius 2 is 1.69 bits per heavy atom. The van der Waals surface area contributed by atoms with E-state index in [2.05, 4.69) is 25.0 Å². The van der Waals surface area contributed by atoms with Crippen LogP contribution >= 0.6 is 0 Å². The molecule has 35 heavy (non-hydrogen) atoms. The molecule has 4 aromatic rings. The maximum atomic E-state index is 12.9. The predicted octanol–water partition coefficient (Wildman–Crippen LogP) is 2.59. The van der Waals surface area contributed by atoms with Crippen molar-refractivity contribution >= 4 is 48.2 Å². The number of sulfonamides is 1. The molecule has 0 atom stereocenters. The van der Waals surface area contributed by atoms with Gasteiger partial charge in [-0.2, -0.15) is 8.42 Å². The van der Waals surface area contributed by atoms with E-state index in [1.54, 1.807) is 37.4 Å². The lowest BCUT2D eigenvalue weighted by atomic mass is 10.1. The van der Waals surface area contributed by atoms with E-state index in [9.17, 15) is 21.9 Å². The van der Waals surface area contributed by atoms with Crippen molar-refractivity contribution in [2.75, 3.05) is 22.0 Å². The normalized spacial score (nSPS) is 12.1. The minimum atomic E-state index is -4.07. The van der Waals surface area contributed by atoms with Gasteiger partial charge in [0, 0.05) is 31.3 Å². The smallest absolute Gasteiger partial charge is 0.282 e. The molecule has 4 rings (SSSR count). The molecular formula is C22H24N6O5S2. The van der Waals surface area contributed by atoms with E-state index >= 15 is 0 Å². The second-order valence-corrected chi connectivity index (χ2v) is 12.0. The Bertz CT molecular complexity index is 1600. The summed E-state index contributed by atoms with van der Waals surface area (Å²) >= 11 is 0. The van der Waals surface area contributed by atoms with Crippen molar-refractivity contribution in [2.45, 2.75) is 17.9 Å². The molecule has 0 unspecified atom stereocenters. The standard InChI is InChI=1S/C22H24N6O5S2/c1-28-13-20(23-14-28)35(32,33)27-22-21(24-17-7-3-4-8-18(17)25-22)26-19-12-16(29)10-9-15(19)6-5-11-34(2,30)31/h3-4,7-10,12-14,29H,5-6,11H2,1-2H3,(H,24,26)(H,25,27). The molecule has 0 saturated heterocycles. The Kier molecular flexibility index (Phi) is 6.63. The van der Waals surface area contributed by atoms with Gasteiger partial charge in [-0.1, -0.05) is 18.2 Å². The molecule has 0 fully saturated rings. The van der Waals surface area contributed by atoms with Crippen LogP contribution in [-0.4, -0.2) is 53.5 Å². The van der Waals surface area contributed by atoms with Crippen LogP contribution in [0.3, 0.4) is 0 Å². The summed E-state index contributed by atoms with van der Waals surface area (Å²) in [6.45, 7) is 0. The minimum absolute atomic E-state index is 0.0121. The summed E-state index contributed by atoms with van der Waals surface area (Å²) in [6, 6.07) is 11.6. The predicted molar refractivity (Wildman–Crippen MR) is 133 cm³/mol. The number of nitrogens with zero attached hydrogens (tertiary/aromatic N) is 4. The van der Waals surface area contributed by atoms with E-state index < -0.39 is 19.9 Å². The number of hydrogen-bond acceptors (Lipinski definition) is 9. The summed E-state index contributed by atoms with van der Waals surface area (Å²) in [6.07, 6.45) is 4.69. The number of aromatic hydroxyl groups is 1. The van der Waals surface area contributed by atoms with Crippen molar-refractivity contribution in [2.24, 2.45) is 7.05 Å². The summed E-state index contributed by atoms with van der Waals surface area (Å²) in [5, 5.41) is 12.9. The lowest BCUT2D eigenvalue weighted by Gasteiger charge is -2.16. The van der Waals surface area contributed by atoms with Crippen molar-refractivity contribution in [3.8, 4) is 5.75 Å². The highest BCUT2D eigenvalue weighted by Gasteiger charge is 2.22. The Hall–Kier alpha value is -3.71. The van der Waals surface area contributed by atoms with Crippen molar-refractivity contribution in [1.29, 1.82) is 0 Å². The third-order valence-corrected chi connectivity index (χ3v) is 7.32. The van der Waals surface area contributed by atoms with Crippen LogP contribution in [-0.2, 0) is 33.3 Å². The largest absolute Gasteiger partial charge is 0.508 e. The summed E-state index contributed by atoms with van der Waals surface area (Å²) in [4.78, 5) is 12.9. The van der Waals surface area contributed by atoms with E-state index in [1.165, 1.54) is 35.5 Å². The second-order valence-electron chi connectivity index (χ2n) is 8.09. The Morgan fingerprint density at radius 1 is 1.00 bits per heavy atom. The highest BCUT2D eigenvalue weighted by molar-refractivity contribution is 7.92. The van der Waals surface area contributed by atoms with Crippen molar-refractivity contribution in [3.63, 3.8) is 0 Å². The first-order valence-corrected chi connectivity index (χ1v) is 14.1. The number of fused-ring (bicyclic) bond motifs is 1. The zero-order chi connectivity index (χ0) is 25.2. The molecule has 2 heterocycles. The highest BCUT2D eigenvalue weighted by atomic mass is 32.2. The summed E-state index contributed by atoms with van der Waals surface area (Å²) in [5.74, 6) is 0.0415. The molecule has 184 valence electrons. The molecule has 0 saturated carbocycles. The first-order chi connectivity index (χ1) is 16.5. The van der Waals surface area contributed by atoms with Crippen LogP contribution in [0.15, 0.2) is 60.0 Å². The SMILES string of the molecule is Cn1cnc(S(=O)(=O)Nc2nc3ccccc3nc2Nc2cc(O)ccc2CCCS(C)(=O)=O)c1. The van der Waals surface area contributed by atoms with Crippen LogP contribution < -0.4 is 10.0 Å². The van der Waals surface area contributed by atoms with Gasteiger partial charge in [-0.05, 0) is 36.6 Å². The van der Waals surface area contributed by atoms with Crippen LogP contribution in [0.25, 0.3) is 11.0 Å². The molecular weight excluding hydrogens is 492 g/mol. The number of rotatable bonds is 9. The average Bonchev–Trinajstić information content (AvgIpc) is 3.22.